The number of hydrogen-bond acceptors (Lipinski definition) is 1. The van der Waals surface area contributed by atoms with Crippen LogP contribution in [0.25, 0.3) is 0 Å². The van der Waals surface area contributed by atoms with Crippen molar-refractivity contribution in [1.82, 2.24) is 4.98 Å². The van der Waals surface area contributed by atoms with E-state index in [1.54, 1.807) is 0 Å². The van der Waals surface area contributed by atoms with Crippen molar-refractivity contribution in [1.29, 1.82) is 0 Å². The summed E-state index contributed by atoms with van der Waals surface area (Å²) in [6.07, 6.45) is 9.25. The van der Waals surface area contributed by atoms with E-state index < -0.39 is 0 Å². The maximum absolute atomic E-state index is 4.27. The second-order valence-electron chi connectivity index (χ2n) is 5.22. The van der Waals surface area contributed by atoms with Gasteiger partial charge in [0.1, 0.15) is 6.04 Å². The molecule has 0 aromatic carbocycles. The molecule has 1 aromatic heterocycles. The highest BCUT2D eigenvalue weighted by molar-refractivity contribution is 5.12. The molecule has 0 radical (unpaired) electrons. The molecule has 16 heavy (non-hydrogen) atoms. The van der Waals surface area contributed by atoms with Gasteiger partial charge in [-0.1, -0.05) is 19.4 Å². The first kappa shape index (κ1) is 11.6. The molecule has 2 atom stereocenters. The predicted molar refractivity (Wildman–Crippen MR) is 67.0 cm³/mol. The van der Waals surface area contributed by atoms with E-state index in [9.17, 15) is 0 Å². The molecule has 2 unspecified atom stereocenters. The minimum atomic E-state index is 0.681. The normalized spacial score (nSPS) is 29.5. The summed E-state index contributed by atoms with van der Waals surface area (Å²) in [5.74, 6) is 0. The summed E-state index contributed by atoms with van der Waals surface area (Å²) in [5.41, 5.74) is 1.43. The Labute approximate surface area is 98.9 Å². The second kappa shape index (κ2) is 4.96. The molecular formula is C14H23N2+. The van der Waals surface area contributed by atoms with E-state index in [0.29, 0.717) is 6.04 Å². The molecular weight excluding hydrogens is 196 g/mol. The Morgan fingerprint density at radius 3 is 3.06 bits per heavy atom. The van der Waals surface area contributed by atoms with Crippen LogP contribution in [0.3, 0.4) is 0 Å². The van der Waals surface area contributed by atoms with Crippen LogP contribution in [0, 0.1) is 0 Å². The molecule has 1 fully saturated rings. The smallest absolute Gasteiger partial charge is 0.116 e. The van der Waals surface area contributed by atoms with Gasteiger partial charge in [-0.05, 0) is 12.5 Å². The summed E-state index contributed by atoms with van der Waals surface area (Å²) in [6.45, 7) is 4.93. The quantitative estimate of drug-likeness (QED) is 0.709. The lowest BCUT2D eigenvalue weighted by Crippen LogP contribution is -2.43. The monoisotopic (exact) mass is 219 g/mol. The van der Waals surface area contributed by atoms with Crippen molar-refractivity contribution in [3.63, 3.8) is 0 Å². The van der Waals surface area contributed by atoms with Crippen LogP contribution < -0.4 is 0 Å². The minimum absolute atomic E-state index is 0.681. The molecule has 0 amide bonds. The third kappa shape index (κ3) is 2.27. The molecule has 2 heteroatoms. The highest BCUT2D eigenvalue weighted by Gasteiger charge is 2.38. The van der Waals surface area contributed by atoms with Crippen LogP contribution in [0.5, 0.6) is 0 Å². The molecule has 88 valence electrons. The zero-order valence-electron chi connectivity index (χ0n) is 10.5. The number of aromatic nitrogens is 1. The van der Waals surface area contributed by atoms with Crippen molar-refractivity contribution >= 4 is 0 Å². The molecule has 1 saturated heterocycles. The van der Waals surface area contributed by atoms with E-state index in [-0.39, 0.29) is 0 Å². The largest absolute Gasteiger partial charge is 0.320 e. The van der Waals surface area contributed by atoms with Gasteiger partial charge in [0.05, 0.1) is 20.1 Å². The van der Waals surface area contributed by atoms with E-state index in [4.69, 9.17) is 0 Å². The number of nitrogens with zero attached hydrogens (tertiary/aromatic N) is 2. The van der Waals surface area contributed by atoms with Gasteiger partial charge in [-0.3, -0.25) is 4.98 Å². The van der Waals surface area contributed by atoms with E-state index >= 15 is 0 Å². The summed E-state index contributed by atoms with van der Waals surface area (Å²) >= 11 is 0. The lowest BCUT2D eigenvalue weighted by atomic mass is 10.1. The molecule has 0 N–H and O–H groups in total. The summed E-state index contributed by atoms with van der Waals surface area (Å²) in [6, 6.07) is 4.99. The number of hydrogen-bond donors (Lipinski definition) is 0. The maximum Gasteiger partial charge on any atom is 0.116 e. The third-order valence-corrected chi connectivity index (χ3v) is 3.99. The highest BCUT2D eigenvalue weighted by atomic mass is 15.4. The molecule has 1 aliphatic rings. The minimum Gasteiger partial charge on any atom is -0.320 e. The van der Waals surface area contributed by atoms with Crippen LogP contribution in [-0.2, 0) is 0 Å². The van der Waals surface area contributed by atoms with Crippen molar-refractivity contribution in [3.8, 4) is 0 Å². The zero-order chi connectivity index (χ0) is 11.4. The van der Waals surface area contributed by atoms with Gasteiger partial charge in [-0.2, -0.15) is 0 Å². The first-order chi connectivity index (χ1) is 7.76. The van der Waals surface area contributed by atoms with Crippen molar-refractivity contribution in [2.24, 2.45) is 0 Å². The Morgan fingerprint density at radius 1 is 1.50 bits per heavy atom. The van der Waals surface area contributed by atoms with Crippen molar-refractivity contribution in [3.05, 3.63) is 30.1 Å². The fourth-order valence-corrected chi connectivity index (χ4v) is 3.00. The van der Waals surface area contributed by atoms with E-state index in [2.05, 4.69) is 37.3 Å². The number of quaternary nitrogens is 1. The molecule has 1 aliphatic heterocycles. The van der Waals surface area contributed by atoms with E-state index in [0.717, 1.165) is 0 Å². The van der Waals surface area contributed by atoms with Crippen LogP contribution in [0.1, 0.15) is 44.2 Å². The van der Waals surface area contributed by atoms with Gasteiger partial charge in [0.15, 0.2) is 0 Å². The second-order valence-corrected chi connectivity index (χ2v) is 5.22. The van der Waals surface area contributed by atoms with E-state index in [1.807, 2.05) is 6.20 Å². The van der Waals surface area contributed by atoms with Crippen LogP contribution in [0.4, 0.5) is 0 Å². The fraction of sp³-hybridized carbons (Fsp3) is 0.643. The molecule has 2 nitrogen and oxygen atoms in total. The predicted octanol–water partition coefficient (Wildman–Crippen LogP) is 3.16. The lowest BCUT2D eigenvalue weighted by molar-refractivity contribution is -0.927. The van der Waals surface area contributed by atoms with Crippen LogP contribution >= 0.6 is 0 Å². The topological polar surface area (TPSA) is 12.9 Å². The highest BCUT2D eigenvalue weighted by Crippen LogP contribution is 2.37. The SMILES string of the molecule is CCCC[N+]1(C)CCCC1c1cccnc1. The Morgan fingerprint density at radius 2 is 2.38 bits per heavy atom. The lowest BCUT2D eigenvalue weighted by Gasteiger charge is -2.36. The Bertz CT molecular complexity index is 323. The number of unbranched alkanes of at least 4 members (excludes halogenated alkanes) is 1. The molecule has 0 aliphatic carbocycles. The van der Waals surface area contributed by atoms with Gasteiger partial charge in [0.2, 0.25) is 0 Å². The standard InChI is InChI=1S/C14H23N2/c1-3-4-10-16(2)11-6-8-14(16)13-7-5-9-15-12-13/h5,7,9,12,14H,3-4,6,8,10-11H2,1-2H3/q+1. The van der Waals surface area contributed by atoms with E-state index in [1.165, 1.54) is 48.8 Å². The number of rotatable bonds is 4. The Kier molecular flexibility index (Phi) is 3.59. The number of pyridine rings is 1. The summed E-state index contributed by atoms with van der Waals surface area (Å²) < 4.78 is 1.22. The van der Waals surface area contributed by atoms with Crippen LogP contribution in [0.2, 0.25) is 0 Å². The van der Waals surface area contributed by atoms with Gasteiger partial charge in [0.25, 0.3) is 0 Å². The first-order valence-electron chi connectivity index (χ1n) is 6.50. The maximum atomic E-state index is 4.27. The Hall–Kier alpha value is -0.890. The number of likely N-dealkylation sites (tertiary alicyclic amines) is 1. The molecule has 0 bridgehead atoms. The summed E-state index contributed by atoms with van der Waals surface area (Å²) in [5, 5.41) is 0. The van der Waals surface area contributed by atoms with Crippen molar-refractivity contribution in [2.75, 3.05) is 20.1 Å². The molecule has 1 aromatic rings. The van der Waals surface area contributed by atoms with Gasteiger partial charge < -0.3 is 4.48 Å². The molecule has 0 saturated carbocycles. The molecule has 0 spiro atoms. The van der Waals surface area contributed by atoms with Gasteiger partial charge in [0, 0.05) is 30.8 Å². The molecule has 2 heterocycles. The van der Waals surface area contributed by atoms with Crippen molar-refractivity contribution < 1.29 is 4.48 Å². The summed E-state index contributed by atoms with van der Waals surface area (Å²) in [7, 11) is 2.42. The average Bonchev–Trinajstić information content (AvgIpc) is 2.70. The fourth-order valence-electron chi connectivity index (χ4n) is 3.00. The van der Waals surface area contributed by atoms with Crippen LogP contribution in [0.15, 0.2) is 24.5 Å². The van der Waals surface area contributed by atoms with Gasteiger partial charge in [-0.15, -0.1) is 0 Å². The average molecular weight is 219 g/mol. The summed E-state index contributed by atoms with van der Waals surface area (Å²) in [4.78, 5) is 4.27. The van der Waals surface area contributed by atoms with Gasteiger partial charge in [-0.25, -0.2) is 0 Å². The first-order valence-corrected chi connectivity index (χ1v) is 6.50. The van der Waals surface area contributed by atoms with Gasteiger partial charge >= 0.3 is 0 Å². The third-order valence-electron chi connectivity index (χ3n) is 3.99. The van der Waals surface area contributed by atoms with Crippen molar-refractivity contribution in [2.45, 2.75) is 38.6 Å². The zero-order valence-corrected chi connectivity index (χ0v) is 10.5. The Balaban J connectivity index is 2.14. The van der Waals surface area contributed by atoms with Crippen LogP contribution in [-0.4, -0.2) is 29.6 Å². The molecule has 2 rings (SSSR count).